The molecule has 0 rings (SSSR count). The highest BCUT2D eigenvalue weighted by Crippen LogP contribution is 2.43. The van der Waals surface area contributed by atoms with Crippen molar-refractivity contribution >= 4 is 19.8 Å². The van der Waals surface area contributed by atoms with E-state index in [1.807, 2.05) is 0 Å². The van der Waals surface area contributed by atoms with Gasteiger partial charge in [0.15, 0.2) is 6.10 Å². The molecule has 546 valence electrons. The zero-order chi connectivity index (χ0) is 66.5. The molecule has 0 aliphatic heterocycles. The number of carbonyl (C=O) groups excluding carboxylic acids is 2. The lowest BCUT2D eigenvalue weighted by Crippen LogP contribution is -2.29. The van der Waals surface area contributed by atoms with Gasteiger partial charge in [0, 0.05) is 19.4 Å². The van der Waals surface area contributed by atoms with E-state index in [4.69, 9.17) is 24.3 Å². The molecular weight excluding hydrogens is 1160 g/mol. The molecule has 0 bridgehead atoms. The maximum atomic E-state index is 12.8. The summed E-state index contributed by atoms with van der Waals surface area (Å²) in [5, 5.41) is 0. The molecule has 0 aromatic carbocycles. The Morgan fingerprint density at radius 1 is 0.326 bits per heavy atom. The fourth-order valence-corrected chi connectivity index (χ4v) is 13.7. The van der Waals surface area contributed by atoms with Crippen molar-refractivity contribution in [2.45, 2.75) is 463 Å². The molecule has 0 fully saturated rings. The maximum absolute atomic E-state index is 12.8. The van der Waals surface area contributed by atoms with Crippen LogP contribution in [0.3, 0.4) is 0 Å². The van der Waals surface area contributed by atoms with Crippen molar-refractivity contribution in [1.29, 1.82) is 0 Å². The Bertz CT molecular complexity index is 1560. The molecule has 0 aliphatic rings. The first-order valence-electron chi connectivity index (χ1n) is 41.3. The van der Waals surface area contributed by atoms with Crippen molar-refractivity contribution in [3.05, 3.63) is 24.3 Å². The number of phosphoric ester groups is 1. The van der Waals surface area contributed by atoms with E-state index in [9.17, 15) is 19.0 Å². The smallest absolute Gasteiger partial charge is 0.462 e. The van der Waals surface area contributed by atoms with Crippen molar-refractivity contribution in [3.63, 3.8) is 0 Å². The number of nitrogens with two attached hydrogens (primary N) is 1. The third-order valence-electron chi connectivity index (χ3n) is 19.1. The van der Waals surface area contributed by atoms with Gasteiger partial charge in [-0.25, -0.2) is 4.57 Å². The number of hydrogen-bond acceptors (Lipinski definition) is 8. The van der Waals surface area contributed by atoms with Crippen LogP contribution in [0.2, 0.25) is 0 Å². The van der Waals surface area contributed by atoms with Crippen LogP contribution in [0.5, 0.6) is 0 Å². The highest BCUT2D eigenvalue weighted by Gasteiger charge is 2.26. The summed E-state index contributed by atoms with van der Waals surface area (Å²) < 4.78 is 33.3. The lowest BCUT2D eigenvalue weighted by molar-refractivity contribution is -0.161. The summed E-state index contributed by atoms with van der Waals surface area (Å²) in [6.07, 6.45) is 99.1. The second-order valence-corrected chi connectivity index (χ2v) is 29.8. The van der Waals surface area contributed by atoms with Crippen LogP contribution in [0.4, 0.5) is 0 Å². The summed E-state index contributed by atoms with van der Waals surface area (Å²) in [6.45, 7) is 3.83. The average Bonchev–Trinajstić information content (AvgIpc) is 2.93. The Morgan fingerprint density at radius 3 is 0.826 bits per heavy atom. The first kappa shape index (κ1) is 90.5. The van der Waals surface area contributed by atoms with Gasteiger partial charge in [0.25, 0.3) is 0 Å². The summed E-state index contributed by atoms with van der Waals surface area (Å²) in [5.74, 6) is -0.797. The van der Waals surface area contributed by atoms with Gasteiger partial charge in [0.1, 0.15) is 6.61 Å². The highest BCUT2D eigenvalue weighted by atomic mass is 31.2. The van der Waals surface area contributed by atoms with Crippen LogP contribution in [0.25, 0.3) is 0 Å². The Balaban J connectivity index is 3.72. The number of phosphoric acid groups is 1. The molecule has 3 N–H and O–H groups in total. The molecule has 0 radical (unpaired) electrons. The molecule has 0 spiro atoms. The topological polar surface area (TPSA) is 134 Å². The van der Waals surface area contributed by atoms with E-state index in [1.165, 1.54) is 385 Å². The molecule has 9 nitrogen and oxygen atoms in total. The summed E-state index contributed by atoms with van der Waals surface area (Å²) in [5.41, 5.74) is 5.42. The molecule has 0 aliphatic carbocycles. The van der Waals surface area contributed by atoms with Gasteiger partial charge in [0.2, 0.25) is 0 Å². The molecule has 0 amide bonds. The molecule has 2 unspecified atom stereocenters. The quantitative estimate of drug-likeness (QED) is 0.0264. The van der Waals surface area contributed by atoms with Crippen molar-refractivity contribution in [3.8, 4) is 0 Å². The summed E-state index contributed by atoms with van der Waals surface area (Å²) in [6, 6.07) is 0. The Morgan fingerprint density at radius 2 is 0.565 bits per heavy atom. The molecule has 10 heteroatoms. The van der Waals surface area contributed by atoms with E-state index in [2.05, 4.69) is 38.2 Å². The number of carbonyl (C=O) groups is 2. The van der Waals surface area contributed by atoms with Crippen molar-refractivity contribution < 1.29 is 37.6 Å². The van der Waals surface area contributed by atoms with Gasteiger partial charge in [-0.3, -0.25) is 18.6 Å². The monoisotopic (exact) mass is 1320 g/mol. The fourth-order valence-electron chi connectivity index (χ4n) is 13.0. The van der Waals surface area contributed by atoms with Gasteiger partial charge in [-0.05, 0) is 44.9 Å². The van der Waals surface area contributed by atoms with Crippen LogP contribution in [0.15, 0.2) is 24.3 Å². The van der Waals surface area contributed by atoms with E-state index < -0.39 is 26.5 Å². The lowest BCUT2D eigenvalue weighted by Gasteiger charge is -2.19. The van der Waals surface area contributed by atoms with Crippen LogP contribution in [-0.2, 0) is 32.7 Å². The minimum Gasteiger partial charge on any atom is -0.462 e. The van der Waals surface area contributed by atoms with Crippen molar-refractivity contribution in [2.75, 3.05) is 26.4 Å². The van der Waals surface area contributed by atoms with E-state index in [-0.39, 0.29) is 38.6 Å². The number of rotatable bonds is 80. The average molecular weight is 1320 g/mol. The van der Waals surface area contributed by atoms with Crippen LogP contribution < -0.4 is 5.73 Å². The third-order valence-corrected chi connectivity index (χ3v) is 20.1. The molecular formula is C82H160NO8P. The molecule has 92 heavy (non-hydrogen) atoms. The number of esters is 2. The van der Waals surface area contributed by atoms with E-state index in [0.717, 1.165) is 38.5 Å². The van der Waals surface area contributed by atoms with Crippen LogP contribution in [0.1, 0.15) is 457 Å². The largest absolute Gasteiger partial charge is 0.472 e. The predicted octanol–water partition coefficient (Wildman–Crippen LogP) is 27.6. The second kappa shape index (κ2) is 78.5. The number of unbranched alkanes of at least 4 members (excludes halogenated alkanes) is 63. The Hall–Kier alpha value is -1.51. The molecule has 0 heterocycles. The zero-order valence-corrected chi connectivity index (χ0v) is 62.7. The molecule has 0 aromatic rings. The standard InChI is InChI=1S/C82H160NO8P/c1-3-5-7-9-11-13-15-17-19-21-23-25-27-29-31-33-35-37-39-41-42-44-46-48-50-52-54-56-58-60-62-64-66-68-70-72-74-81(84)88-78-80(79-90-92(86,87)89-77-76-83)91-82(85)75-73-71-69-67-65-63-61-59-57-55-53-51-49-47-45-43-40-38-36-34-32-30-28-26-24-22-20-18-16-14-12-10-8-6-4-2/h16,18,22,24,80H,3-15,17,19-21,23,25-79,83H2,1-2H3,(H,86,87)/b18-16-,24-22-. The van der Waals surface area contributed by atoms with E-state index in [1.54, 1.807) is 0 Å². The minimum atomic E-state index is -4.39. The first-order valence-corrected chi connectivity index (χ1v) is 42.8. The lowest BCUT2D eigenvalue weighted by atomic mass is 10.0. The zero-order valence-electron chi connectivity index (χ0n) is 61.8. The minimum absolute atomic E-state index is 0.0575. The number of allylic oxidation sites excluding steroid dienone is 4. The predicted molar refractivity (Wildman–Crippen MR) is 400 cm³/mol. The van der Waals surface area contributed by atoms with Crippen LogP contribution in [0, 0.1) is 0 Å². The highest BCUT2D eigenvalue weighted by molar-refractivity contribution is 7.47. The Labute approximate surface area is 573 Å². The summed E-state index contributed by atoms with van der Waals surface area (Å²) in [4.78, 5) is 35.5. The van der Waals surface area contributed by atoms with Crippen LogP contribution in [-0.4, -0.2) is 49.3 Å². The summed E-state index contributed by atoms with van der Waals surface area (Å²) in [7, 11) is -4.39. The molecule has 0 saturated heterocycles. The number of ether oxygens (including phenoxy) is 2. The van der Waals surface area contributed by atoms with Crippen molar-refractivity contribution in [1.82, 2.24) is 0 Å². The SMILES string of the molecule is CCCCCCC/C=C\C/C=C\CCCCCCCCCCCCCCCCCCCCCCCCCC(=O)OC(COC(=O)CCCCCCCCCCCCCCCCCCCCCCCCCCCCCCCCCCCCCC)COP(=O)(O)OCCN. The third kappa shape index (κ3) is 77.5. The molecule has 0 saturated carbocycles. The molecule has 0 aromatic heterocycles. The molecule has 2 atom stereocenters. The van der Waals surface area contributed by atoms with Gasteiger partial charge in [-0.2, -0.15) is 0 Å². The van der Waals surface area contributed by atoms with E-state index >= 15 is 0 Å². The first-order chi connectivity index (χ1) is 45.3. The second-order valence-electron chi connectivity index (χ2n) is 28.4. The van der Waals surface area contributed by atoms with Gasteiger partial charge in [-0.15, -0.1) is 0 Å². The normalized spacial score (nSPS) is 12.9. The van der Waals surface area contributed by atoms with Crippen molar-refractivity contribution in [2.24, 2.45) is 5.73 Å². The van der Waals surface area contributed by atoms with E-state index in [0.29, 0.717) is 6.42 Å². The number of hydrogen-bond donors (Lipinski definition) is 2. The van der Waals surface area contributed by atoms with Gasteiger partial charge in [0.05, 0.1) is 13.2 Å². The van der Waals surface area contributed by atoms with Crippen LogP contribution >= 0.6 is 7.82 Å². The van der Waals surface area contributed by atoms with Gasteiger partial charge < -0.3 is 20.1 Å². The maximum Gasteiger partial charge on any atom is 0.472 e. The Kier molecular flexibility index (Phi) is 77.2. The van der Waals surface area contributed by atoms with Gasteiger partial charge >= 0.3 is 19.8 Å². The fraction of sp³-hybridized carbons (Fsp3) is 0.927. The van der Waals surface area contributed by atoms with Gasteiger partial charge in [-0.1, -0.05) is 423 Å². The summed E-state index contributed by atoms with van der Waals surface area (Å²) >= 11 is 0.